The van der Waals surface area contributed by atoms with Gasteiger partial charge in [0.05, 0.1) is 22.6 Å². The third kappa shape index (κ3) is 3.22. The van der Waals surface area contributed by atoms with E-state index < -0.39 is 0 Å². The van der Waals surface area contributed by atoms with Crippen LogP contribution >= 0.6 is 11.6 Å². The summed E-state index contributed by atoms with van der Waals surface area (Å²) in [5, 5.41) is 0.736. The van der Waals surface area contributed by atoms with Gasteiger partial charge in [-0.3, -0.25) is 4.90 Å². The number of halogens is 2. The Balaban J connectivity index is 1.44. The maximum Gasteiger partial charge on any atom is 0.123 e. The molecule has 2 aromatic carbocycles. The Morgan fingerprint density at radius 3 is 2.44 bits per heavy atom. The molecule has 0 aliphatic carbocycles. The van der Waals surface area contributed by atoms with Crippen molar-refractivity contribution in [2.24, 2.45) is 7.05 Å². The number of para-hydroxylation sites is 1. The molecule has 4 nitrogen and oxygen atoms in total. The lowest BCUT2D eigenvalue weighted by molar-refractivity contribution is 0.242. The summed E-state index contributed by atoms with van der Waals surface area (Å²) in [7, 11) is 2.02. The van der Waals surface area contributed by atoms with Crippen molar-refractivity contribution in [2.45, 2.75) is 6.54 Å². The summed E-state index contributed by atoms with van der Waals surface area (Å²) in [5.41, 5.74) is 3.01. The van der Waals surface area contributed by atoms with Gasteiger partial charge in [-0.25, -0.2) is 9.37 Å². The molecule has 1 aliphatic rings. The van der Waals surface area contributed by atoms with Crippen molar-refractivity contribution in [3.05, 3.63) is 59.1 Å². The van der Waals surface area contributed by atoms with Crippen molar-refractivity contribution in [3.8, 4) is 0 Å². The fraction of sp³-hybridized carbons (Fsp3) is 0.316. The van der Waals surface area contributed by atoms with Crippen molar-refractivity contribution >= 4 is 28.3 Å². The molecule has 1 saturated heterocycles. The lowest BCUT2D eigenvalue weighted by Gasteiger charge is -2.35. The summed E-state index contributed by atoms with van der Waals surface area (Å²) in [6.45, 7) is 4.56. The molecule has 3 aromatic rings. The first-order chi connectivity index (χ1) is 12.1. The summed E-state index contributed by atoms with van der Waals surface area (Å²) >= 11 is 6.31. The van der Waals surface area contributed by atoms with Gasteiger partial charge in [0.1, 0.15) is 11.6 Å². The minimum absolute atomic E-state index is 0.192. The predicted octanol–water partition coefficient (Wildman–Crippen LogP) is 3.69. The van der Waals surface area contributed by atoms with E-state index in [9.17, 15) is 4.39 Å². The van der Waals surface area contributed by atoms with E-state index in [0.29, 0.717) is 0 Å². The van der Waals surface area contributed by atoms with Crippen molar-refractivity contribution in [3.63, 3.8) is 0 Å². The second-order valence-electron chi connectivity index (χ2n) is 6.43. The molecule has 130 valence electrons. The number of nitrogens with zero attached hydrogens (tertiary/aromatic N) is 4. The second kappa shape index (κ2) is 6.65. The fourth-order valence-corrected chi connectivity index (χ4v) is 3.72. The highest BCUT2D eigenvalue weighted by Crippen LogP contribution is 2.24. The highest BCUT2D eigenvalue weighted by atomic mass is 35.5. The van der Waals surface area contributed by atoms with Gasteiger partial charge < -0.3 is 9.47 Å². The number of aryl methyl sites for hydroxylation is 1. The van der Waals surface area contributed by atoms with Crippen LogP contribution in [0.1, 0.15) is 5.82 Å². The normalized spacial score (nSPS) is 15.9. The van der Waals surface area contributed by atoms with Gasteiger partial charge in [0, 0.05) is 38.9 Å². The molecule has 1 aliphatic heterocycles. The van der Waals surface area contributed by atoms with Crippen LogP contribution in [-0.2, 0) is 13.6 Å². The van der Waals surface area contributed by atoms with E-state index >= 15 is 0 Å². The van der Waals surface area contributed by atoms with Gasteiger partial charge in [-0.15, -0.1) is 0 Å². The van der Waals surface area contributed by atoms with Crippen LogP contribution in [-0.4, -0.2) is 40.6 Å². The first kappa shape index (κ1) is 16.4. The van der Waals surface area contributed by atoms with Crippen LogP contribution in [0.15, 0.2) is 42.5 Å². The maximum absolute atomic E-state index is 13.1. The first-order valence-corrected chi connectivity index (χ1v) is 8.82. The molecule has 1 fully saturated rings. The number of hydrogen-bond donors (Lipinski definition) is 0. The quantitative estimate of drug-likeness (QED) is 0.713. The second-order valence-corrected chi connectivity index (χ2v) is 6.84. The molecule has 0 unspecified atom stereocenters. The van der Waals surface area contributed by atoms with E-state index in [1.165, 1.54) is 12.1 Å². The lowest BCUT2D eigenvalue weighted by Crippen LogP contribution is -2.46. The summed E-state index contributed by atoms with van der Waals surface area (Å²) in [4.78, 5) is 9.43. The van der Waals surface area contributed by atoms with Crippen molar-refractivity contribution in [2.75, 3.05) is 31.1 Å². The maximum atomic E-state index is 13.1. The van der Waals surface area contributed by atoms with Crippen LogP contribution in [0.4, 0.5) is 10.1 Å². The van der Waals surface area contributed by atoms with Crippen molar-refractivity contribution in [1.82, 2.24) is 14.5 Å². The smallest absolute Gasteiger partial charge is 0.123 e. The van der Waals surface area contributed by atoms with Crippen molar-refractivity contribution in [1.29, 1.82) is 0 Å². The minimum atomic E-state index is -0.192. The van der Waals surface area contributed by atoms with E-state index in [4.69, 9.17) is 16.6 Å². The Hall–Kier alpha value is -2.11. The van der Waals surface area contributed by atoms with E-state index in [-0.39, 0.29) is 5.82 Å². The fourth-order valence-electron chi connectivity index (χ4n) is 3.43. The summed E-state index contributed by atoms with van der Waals surface area (Å²) in [6.07, 6.45) is 0. The molecule has 0 amide bonds. The average molecular weight is 359 g/mol. The Kier molecular flexibility index (Phi) is 4.36. The molecule has 0 bridgehead atoms. The van der Waals surface area contributed by atoms with E-state index in [1.807, 2.05) is 37.4 Å². The van der Waals surface area contributed by atoms with Crippen LogP contribution in [0.5, 0.6) is 0 Å². The average Bonchev–Trinajstić information content (AvgIpc) is 2.93. The highest BCUT2D eigenvalue weighted by Gasteiger charge is 2.20. The Morgan fingerprint density at radius 1 is 1.04 bits per heavy atom. The van der Waals surface area contributed by atoms with Crippen LogP contribution in [0, 0.1) is 5.82 Å². The van der Waals surface area contributed by atoms with Gasteiger partial charge in [0.15, 0.2) is 0 Å². The van der Waals surface area contributed by atoms with Gasteiger partial charge in [0.25, 0.3) is 0 Å². The first-order valence-electron chi connectivity index (χ1n) is 8.44. The van der Waals surface area contributed by atoms with E-state index in [0.717, 1.165) is 60.3 Å². The number of benzene rings is 2. The Bertz CT molecular complexity index is 882. The van der Waals surface area contributed by atoms with Gasteiger partial charge in [-0.2, -0.15) is 0 Å². The molecular weight excluding hydrogens is 339 g/mol. The van der Waals surface area contributed by atoms with Crippen LogP contribution in [0.25, 0.3) is 11.0 Å². The molecule has 1 aromatic heterocycles. The number of hydrogen-bond acceptors (Lipinski definition) is 3. The molecule has 25 heavy (non-hydrogen) atoms. The molecular formula is C19H20ClFN4. The standard InChI is InChI=1S/C19H20ClFN4/c1-23-18(22-17-4-2-3-16(20)19(17)23)13-24-9-11-25(12-10-24)15-7-5-14(21)6-8-15/h2-8H,9-13H2,1H3. The highest BCUT2D eigenvalue weighted by molar-refractivity contribution is 6.35. The number of imidazole rings is 1. The van der Waals surface area contributed by atoms with Gasteiger partial charge in [0.2, 0.25) is 0 Å². The number of fused-ring (bicyclic) bond motifs is 1. The SMILES string of the molecule is Cn1c(CN2CCN(c3ccc(F)cc3)CC2)nc2cccc(Cl)c21. The molecule has 0 atom stereocenters. The van der Waals surface area contributed by atoms with Gasteiger partial charge in [-0.1, -0.05) is 17.7 Å². The van der Waals surface area contributed by atoms with E-state index in [2.05, 4.69) is 14.4 Å². The third-order valence-corrected chi connectivity index (χ3v) is 5.17. The zero-order valence-corrected chi connectivity index (χ0v) is 14.9. The molecule has 0 spiro atoms. The molecule has 0 saturated carbocycles. The molecule has 2 heterocycles. The largest absolute Gasteiger partial charge is 0.369 e. The lowest BCUT2D eigenvalue weighted by atomic mass is 10.2. The zero-order chi connectivity index (χ0) is 17.4. The number of aromatic nitrogens is 2. The number of anilines is 1. The summed E-state index contributed by atoms with van der Waals surface area (Å²) in [5.74, 6) is 0.834. The van der Waals surface area contributed by atoms with Crippen LogP contribution < -0.4 is 4.90 Å². The number of rotatable bonds is 3. The summed E-state index contributed by atoms with van der Waals surface area (Å²) < 4.78 is 15.2. The summed E-state index contributed by atoms with van der Waals surface area (Å²) in [6, 6.07) is 12.6. The monoisotopic (exact) mass is 358 g/mol. The Morgan fingerprint density at radius 2 is 1.76 bits per heavy atom. The van der Waals surface area contributed by atoms with Crippen LogP contribution in [0.2, 0.25) is 5.02 Å². The van der Waals surface area contributed by atoms with Crippen LogP contribution in [0.3, 0.4) is 0 Å². The topological polar surface area (TPSA) is 24.3 Å². The predicted molar refractivity (Wildman–Crippen MR) is 99.6 cm³/mol. The Labute approximate surface area is 151 Å². The number of piperazine rings is 1. The van der Waals surface area contributed by atoms with Gasteiger partial charge >= 0.3 is 0 Å². The molecule has 4 rings (SSSR count). The third-order valence-electron chi connectivity index (χ3n) is 4.87. The van der Waals surface area contributed by atoms with E-state index in [1.54, 1.807) is 0 Å². The zero-order valence-electron chi connectivity index (χ0n) is 14.1. The van der Waals surface area contributed by atoms with Gasteiger partial charge in [-0.05, 0) is 36.4 Å². The molecule has 0 radical (unpaired) electrons. The molecule has 6 heteroatoms. The van der Waals surface area contributed by atoms with Crippen molar-refractivity contribution < 1.29 is 4.39 Å². The minimum Gasteiger partial charge on any atom is -0.369 e. The molecule has 0 N–H and O–H groups in total.